The van der Waals surface area contributed by atoms with Gasteiger partial charge in [0.25, 0.3) is 5.91 Å². The molecule has 0 rings (SSSR count). The fourth-order valence-corrected chi connectivity index (χ4v) is 0.426. The van der Waals surface area contributed by atoms with Crippen molar-refractivity contribution in [2.45, 2.75) is 20.3 Å². The maximum Gasteiger partial charge on any atom is 0.266 e. The van der Waals surface area contributed by atoms with Crippen molar-refractivity contribution in [2.75, 3.05) is 6.61 Å². The second-order valence-corrected chi connectivity index (χ2v) is 1.67. The van der Waals surface area contributed by atoms with E-state index in [4.69, 9.17) is 5.73 Å². The molecule has 0 aromatic rings. The van der Waals surface area contributed by atoms with Gasteiger partial charge in [0, 0.05) is 0 Å². The van der Waals surface area contributed by atoms with E-state index in [1.54, 1.807) is 13.8 Å². The van der Waals surface area contributed by atoms with Crippen molar-refractivity contribution in [1.82, 2.24) is 0 Å². The van der Waals surface area contributed by atoms with E-state index < -0.39 is 5.91 Å². The molecule has 0 unspecified atom stereocenters. The summed E-state index contributed by atoms with van der Waals surface area (Å²) >= 11 is 0. The van der Waals surface area contributed by atoms with Crippen molar-refractivity contribution in [1.29, 1.82) is 0 Å². The fourth-order valence-electron chi connectivity index (χ4n) is 0.426. The van der Waals surface area contributed by atoms with Gasteiger partial charge in [0.1, 0.15) is 12.3 Å². The Kier molecular flexibility index (Phi) is 4.28. The van der Waals surface area contributed by atoms with Crippen molar-refractivity contribution in [3.8, 4) is 0 Å². The minimum atomic E-state index is -0.518. The first kappa shape index (κ1) is 8.94. The molecule has 2 N–H and O–H groups in total. The number of rotatable bonds is 4. The highest BCUT2D eigenvalue weighted by Crippen LogP contribution is 1.86. The third-order valence-electron chi connectivity index (χ3n) is 0.923. The maximum absolute atomic E-state index is 10.4. The summed E-state index contributed by atoms with van der Waals surface area (Å²) in [5, 5.41) is 3.50. The minimum absolute atomic E-state index is 0.279. The zero-order chi connectivity index (χ0) is 7.98. The number of nitrogens with zero attached hydrogens (tertiary/aromatic N) is 1. The lowest BCUT2D eigenvalue weighted by Gasteiger charge is -1.96. The van der Waals surface area contributed by atoms with Gasteiger partial charge in [-0.3, -0.25) is 4.79 Å². The van der Waals surface area contributed by atoms with E-state index >= 15 is 0 Å². The molecule has 0 saturated heterocycles. The van der Waals surface area contributed by atoms with Crippen LogP contribution >= 0.6 is 0 Å². The van der Waals surface area contributed by atoms with Crippen LogP contribution in [0, 0.1) is 0 Å². The van der Waals surface area contributed by atoms with Crippen molar-refractivity contribution >= 4 is 11.6 Å². The molecule has 0 saturated carbocycles. The first-order chi connectivity index (χ1) is 4.72. The second-order valence-electron chi connectivity index (χ2n) is 1.67. The van der Waals surface area contributed by atoms with Crippen LogP contribution in [-0.2, 0) is 9.63 Å². The largest absolute Gasteiger partial charge is 0.396 e. The van der Waals surface area contributed by atoms with Crippen LogP contribution in [0.25, 0.3) is 0 Å². The zero-order valence-corrected chi connectivity index (χ0v) is 6.26. The highest BCUT2D eigenvalue weighted by atomic mass is 16.6. The lowest BCUT2D eigenvalue weighted by atomic mass is 10.3. The molecule has 4 heteroatoms. The van der Waals surface area contributed by atoms with E-state index in [9.17, 15) is 4.79 Å². The first-order valence-electron chi connectivity index (χ1n) is 3.21. The smallest absolute Gasteiger partial charge is 0.266 e. The van der Waals surface area contributed by atoms with Crippen LogP contribution in [0.1, 0.15) is 20.3 Å². The Morgan fingerprint density at radius 2 is 2.20 bits per heavy atom. The van der Waals surface area contributed by atoms with E-state index in [-0.39, 0.29) is 5.71 Å². The first-order valence-corrected chi connectivity index (χ1v) is 3.21. The standard InChI is InChI=1S/C6H12N2O2/c1-3-5(6(7)9)8-10-4-2/h3-4H2,1-2H3,(H2,7,9). The van der Waals surface area contributed by atoms with Crippen molar-refractivity contribution < 1.29 is 9.63 Å². The average Bonchev–Trinajstić information content (AvgIpc) is 1.89. The Balaban J connectivity index is 3.91. The zero-order valence-electron chi connectivity index (χ0n) is 6.26. The highest BCUT2D eigenvalue weighted by Gasteiger charge is 2.02. The highest BCUT2D eigenvalue weighted by molar-refractivity contribution is 6.38. The van der Waals surface area contributed by atoms with Crippen LogP contribution in [-0.4, -0.2) is 18.2 Å². The van der Waals surface area contributed by atoms with Crippen LogP contribution in [0.3, 0.4) is 0 Å². The number of nitrogens with two attached hydrogens (primary N) is 1. The Bertz CT molecular complexity index is 143. The molecule has 0 spiro atoms. The number of amides is 1. The summed E-state index contributed by atoms with van der Waals surface area (Å²) in [7, 11) is 0. The molecule has 0 aromatic heterocycles. The van der Waals surface area contributed by atoms with Crippen LogP contribution in [0.15, 0.2) is 5.16 Å². The van der Waals surface area contributed by atoms with Gasteiger partial charge in [0.15, 0.2) is 0 Å². The van der Waals surface area contributed by atoms with E-state index in [1.807, 2.05) is 0 Å². The van der Waals surface area contributed by atoms with E-state index in [0.717, 1.165) is 0 Å². The van der Waals surface area contributed by atoms with Gasteiger partial charge in [0.2, 0.25) is 0 Å². The molecule has 0 aliphatic carbocycles. The van der Waals surface area contributed by atoms with Gasteiger partial charge >= 0.3 is 0 Å². The average molecular weight is 144 g/mol. The van der Waals surface area contributed by atoms with Crippen LogP contribution in [0.4, 0.5) is 0 Å². The van der Waals surface area contributed by atoms with Crippen LogP contribution < -0.4 is 5.73 Å². The van der Waals surface area contributed by atoms with Gasteiger partial charge in [-0.15, -0.1) is 0 Å². The quantitative estimate of drug-likeness (QED) is 0.454. The Morgan fingerprint density at radius 1 is 1.60 bits per heavy atom. The van der Waals surface area contributed by atoms with Gasteiger partial charge in [-0.1, -0.05) is 12.1 Å². The Hall–Kier alpha value is -1.06. The summed E-state index contributed by atoms with van der Waals surface area (Å²) in [4.78, 5) is 15.1. The maximum atomic E-state index is 10.4. The van der Waals surface area contributed by atoms with Gasteiger partial charge in [-0.2, -0.15) is 0 Å². The molecule has 58 valence electrons. The summed E-state index contributed by atoms with van der Waals surface area (Å²) in [6.07, 6.45) is 0.509. The fraction of sp³-hybridized carbons (Fsp3) is 0.667. The predicted octanol–water partition coefficient (Wildman–Crippen LogP) is 0.274. The molecule has 1 amide bonds. The normalized spacial score (nSPS) is 11.2. The molecule has 0 radical (unpaired) electrons. The number of primary amides is 1. The van der Waals surface area contributed by atoms with Crippen LogP contribution in [0.5, 0.6) is 0 Å². The summed E-state index contributed by atoms with van der Waals surface area (Å²) < 4.78 is 0. The van der Waals surface area contributed by atoms with Crippen molar-refractivity contribution in [2.24, 2.45) is 10.9 Å². The number of carbonyl (C=O) groups is 1. The SMILES string of the molecule is CCON=C(CC)C(N)=O. The topological polar surface area (TPSA) is 64.7 Å². The van der Waals surface area contributed by atoms with Crippen LogP contribution in [0.2, 0.25) is 0 Å². The van der Waals surface area contributed by atoms with E-state index in [1.165, 1.54) is 0 Å². The molecule has 0 bridgehead atoms. The minimum Gasteiger partial charge on any atom is -0.396 e. The number of hydrogen-bond acceptors (Lipinski definition) is 3. The Labute approximate surface area is 60.0 Å². The molecule has 0 atom stereocenters. The summed E-state index contributed by atoms with van der Waals surface area (Å²) in [5.41, 5.74) is 5.22. The molecule has 0 aromatic carbocycles. The van der Waals surface area contributed by atoms with Crippen molar-refractivity contribution in [3.63, 3.8) is 0 Å². The summed E-state index contributed by atoms with van der Waals surface area (Å²) in [5.74, 6) is -0.518. The molecule has 10 heavy (non-hydrogen) atoms. The summed E-state index contributed by atoms with van der Waals surface area (Å²) in [6.45, 7) is 4.04. The molecule has 0 fully saturated rings. The lowest BCUT2D eigenvalue weighted by molar-refractivity contribution is -0.112. The van der Waals surface area contributed by atoms with Crippen molar-refractivity contribution in [3.05, 3.63) is 0 Å². The lowest BCUT2D eigenvalue weighted by Crippen LogP contribution is -2.22. The number of oxime groups is 1. The Morgan fingerprint density at radius 3 is 2.50 bits per heavy atom. The molecule has 4 nitrogen and oxygen atoms in total. The third kappa shape index (κ3) is 3.06. The van der Waals surface area contributed by atoms with Gasteiger partial charge in [-0.05, 0) is 13.3 Å². The van der Waals surface area contributed by atoms with E-state index in [0.29, 0.717) is 13.0 Å². The third-order valence-corrected chi connectivity index (χ3v) is 0.923. The predicted molar refractivity (Wildman–Crippen MR) is 38.5 cm³/mol. The van der Waals surface area contributed by atoms with E-state index in [2.05, 4.69) is 9.99 Å². The van der Waals surface area contributed by atoms with Gasteiger partial charge < -0.3 is 10.6 Å². The number of carbonyl (C=O) groups excluding carboxylic acids is 1. The molecular formula is C6H12N2O2. The molecule has 0 aliphatic heterocycles. The second kappa shape index (κ2) is 4.78. The molecular weight excluding hydrogens is 132 g/mol. The van der Waals surface area contributed by atoms with Gasteiger partial charge in [0.05, 0.1) is 0 Å². The van der Waals surface area contributed by atoms with Gasteiger partial charge in [-0.25, -0.2) is 0 Å². The molecule has 0 aliphatic rings. The monoisotopic (exact) mass is 144 g/mol. The number of hydrogen-bond donors (Lipinski definition) is 1. The summed E-state index contributed by atoms with van der Waals surface area (Å²) in [6, 6.07) is 0. The molecule has 0 heterocycles.